The van der Waals surface area contributed by atoms with Crippen LogP contribution in [0, 0.1) is 0 Å². The van der Waals surface area contributed by atoms with Gasteiger partial charge in [0.05, 0.1) is 0 Å². The molecule has 0 spiro atoms. The van der Waals surface area contributed by atoms with Crippen molar-refractivity contribution in [2.75, 3.05) is 26.4 Å². The van der Waals surface area contributed by atoms with Crippen LogP contribution in [-0.4, -0.2) is 38.4 Å². The van der Waals surface area contributed by atoms with Crippen LogP contribution in [0.25, 0.3) is 0 Å². The van der Waals surface area contributed by atoms with Crippen LogP contribution in [0.3, 0.4) is 0 Å². The first-order valence-electron chi connectivity index (χ1n) is 9.92. The van der Waals surface area contributed by atoms with Gasteiger partial charge >= 0.3 is 11.9 Å². The second-order valence-corrected chi connectivity index (χ2v) is 7.12. The summed E-state index contributed by atoms with van der Waals surface area (Å²) >= 11 is 0. The highest BCUT2D eigenvalue weighted by Crippen LogP contribution is 2.34. The van der Waals surface area contributed by atoms with Crippen molar-refractivity contribution in [1.29, 1.82) is 0 Å². The van der Waals surface area contributed by atoms with Gasteiger partial charge < -0.3 is 18.9 Å². The molecule has 0 fully saturated rings. The topological polar surface area (TPSA) is 71.1 Å². The Bertz CT molecular complexity index is 842. The molecule has 0 saturated carbocycles. The largest absolute Gasteiger partial charge is 0.490 e. The number of esters is 2. The van der Waals surface area contributed by atoms with Gasteiger partial charge in [-0.25, -0.2) is 9.59 Å². The van der Waals surface area contributed by atoms with E-state index in [4.69, 9.17) is 18.9 Å². The van der Waals surface area contributed by atoms with E-state index in [2.05, 4.69) is 27.0 Å². The van der Waals surface area contributed by atoms with Crippen molar-refractivity contribution in [3.8, 4) is 11.5 Å². The molecule has 2 aromatic rings. The molecule has 0 aromatic heterocycles. The maximum Gasteiger partial charge on any atom is 0.330 e. The molecule has 0 aliphatic rings. The zero-order valence-electron chi connectivity index (χ0n) is 18.0. The van der Waals surface area contributed by atoms with Crippen molar-refractivity contribution in [2.45, 2.75) is 19.3 Å². The molecule has 0 unspecified atom stereocenters. The predicted molar refractivity (Wildman–Crippen MR) is 118 cm³/mol. The first-order chi connectivity index (χ1) is 14.9. The highest BCUT2D eigenvalue weighted by atomic mass is 16.6. The monoisotopic (exact) mass is 424 g/mol. The minimum Gasteiger partial charge on any atom is -0.490 e. The number of rotatable bonds is 12. The Hall–Kier alpha value is -3.54. The predicted octanol–water partition coefficient (Wildman–Crippen LogP) is 4.23. The molecular weight excluding hydrogens is 396 g/mol. The van der Waals surface area contributed by atoms with Gasteiger partial charge in [0.1, 0.15) is 37.9 Å². The Kier molecular flexibility index (Phi) is 8.88. The SMILES string of the molecule is C=CC(=O)OCCOc1cccc(C(C)(C)c2cccc(OCCOC(=O)C=C)c2)c1. The van der Waals surface area contributed by atoms with E-state index in [0.29, 0.717) is 11.5 Å². The van der Waals surface area contributed by atoms with Gasteiger partial charge in [-0.1, -0.05) is 51.3 Å². The molecule has 164 valence electrons. The second-order valence-electron chi connectivity index (χ2n) is 7.12. The van der Waals surface area contributed by atoms with Gasteiger partial charge in [-0.05, 0) is 35.4 Å². The van der Waals surface area contributed by atoms with Crippen LogP contribution in [-0.2, 0) is 24.5 Å². The van der Waals surface area contributed by atoms with E-state index < -0.39 is 11.9 Å². The standard InChI is InChI=1S/C25H28O6/c1-5-23(26)30-15-13-28-21-11-7-9-19(17-21)25(3,4)20-10-8-12-22(18-20)29-14-16-31-24(27)6-2/h5-12,17-18H,1-2,13-16H2,3-4H3. The Morgan fingerprint density at radius 2 is 1.19 bits per heavy atom. The average molecular weight is 424 g/mol. The Morgan fingerprint density at radius 3 is 1.58 bits per heavy atom. The molecule has 0 saturated heterocycles. The molecule has 0 atom stereocenters. The zero-order valence-corrected chi connectivity index (χ0v) is 18.0. The maximum atomic E-state index is 11.1. The number of ether oxygens (including phenoxy) is 4. The number of carbonyl (C=O) groups is 2. The third kappa shape index (κ3) is 7.33. The van der Waals surface area contributed by atoms with E-state index in [0.717, 1.165) is 23.3 Å². The van der Waals surface area contributed by atoms with Gasteiger partial charge in [-0.2, -0.15) is 0 Å². The van der Waals surface area contributed by atoms with Gasteiger partial charge in [0.25, 0.3) is 0 Å². The van der Waals surface area contributed by atoms with Crippen LogP contribution in [0.1, 0.15) is 25.0 Å². The van der Waals surface area contributed by atoms with Crippen molar-refractivity contribution in [3.63, 3.8) is 0 Å². The van der Waals surface area contributed by atoms with Crippen molar-refractivity contribution < 1.29 is 28.5 Å². The van der Waals surface area contributed by atoms with E-state index in [1.54, 1.807) is 0 Å². The normalized spacial score (nSPS) is 10.6. The molecule has 0 aliphatic carbocycles. The Morgan fingerprint density at radius 1 is 0.774 bits per heavy atom. The van der Waals surface area contributed by atoms with Gasteiger partial charge in [0.15, 0.2) is 0 Å². The summed E-state index contributed by atoms with van der Waals surface area (Å²) in [6, 6.07) is 15.6. The highest BCUT2D eigenvalue weighted by molar-refractivity contribution is 5.81. The molecule has 2 rings (SSSR count). The molecule has 2 aromatic carbocycles. The van der Waals surface area contributed by atoms with Gasteiger partial charge in [0.2, 0.25) is 0 Å². The van der Waals surface area contributed by atoms with Gasteiger partial charge in [0, 0.05) is 17.6 Å². The lowest BCUT2D eigenvalue weighted by molar-refractivity contribution is -0.139. The van der Waals surface area contributed by atoms with Crippen LogP contribution in [0.2, 0.25) is 0 Å². The summed E-state index contributed by atoms with van der Waals surface area (Å²) in [4.78, 5) is 22.2. The molecule has 0 bridgehead atoms. The first-order valence-corrected chi connectivity index (χ1v) is 9.92. The van der Waals surface area contributed by atoms with E-state index in [1.165, 1.54) is 0 Å². The van der Waals surface area contributed by atoms with Crippen LogP contribution in [0.15, 0.2) is 73.8 Å². The average Bonchev–Trinajstić information content (AvgIpc) is 2.79. The third-order valence-electron chi connectivity index (χ3n) is 4.64. The van der Waals surface area contributed by atoms with Crippen molar-refractivity contribution >= 4 is 11.9 Å². The Labute approximate surface area is 183 Å². The number of carbonyl (C=O) groups excluding carboxylic acids is 2. The van der Waals surface area contributed by atoms with E-state index >= 15 is 0 Å². The smallest absolute Gasteiger partial charge is 0.330 e. The molecule has 31 heavy (non-hydrogen) atoms. The number of hydrogen-bond acceptors (Lipinski definition) is 6. The lowest BCUT2D eigenvalue weighted by Crippen LogP contribution is -2.19. The van der Waals surface area contributed by atoms with Crippen LogP contribution in [0.5, 0.6) is 11.5 Å². The third-order valence-corrected chi connectivity index (χ3v) is 4.64. The summed E-state index contributed by atoms with van der Waals surface area (Å²) in [7, 11) is 0. The van der Waals surface area contributed by atoms with E-state index in [-0.39, 0.29) is 31.8 Å². The molecule has 0 N–H and O–H groups in total. The molecule has 6 nitrogen and oxygen atoms in total. The van der Waals surface area contributed by atoms with Crippen molar-refractivity contribution in [1.82, 2.24) is 0 Å². The molecule has 0 amide bonds. The molecule has 0 radical (unpaired) electrons. The maximum absolute atomic E-state index is 11.1. The fourth-order valence-electron chi connectivity index (χ4n) is 2.84. The van der Waals surface area contributed by atoms with Crippen LogP contribution in [0.4, 0.5) is 0 Å². The number of benzene rings is 2. The lowest BCUT2D eigenvalue weighted by atomic mass is 9.78. The fraction of sp³-hybridized carbons (Fsp3) is 0.280. The summed E-state index contributed by atoms with van der Waals surface area (Å²) in [6.45, 7) is 11.7. The minimum atomic E-state index is -0.473. The summed E-state index contributed by atoms with van der Waals surface area (Å²) in [5.74, 6) is 0.437. The highest BCUT2D eigenvalue weighted by Gasteiger charge is 2.24. The Balaban J connectivity index is 2.02. The summed E-state index contributed by atoms with van der Waals surface area (Å²) in [5.41, 5.74) is 1.80. The summed E-state index contributed by atoms with van der Waals surface area (Å²) in [5, 5.41) is 0. The van der Waals surface area contributed by atoms with Crippen molar-refractivity contribution in [3.05, 3.63) is 85.0 Å². The second kappa shape index (κ2) is 11.6. The summed E-state index contributed by atoms with van der Waals surface area (Å²) in [6.07, 6.45) is 2.24. The van der Waals surface area contributed by atoms with Crippen LogP contribution >= 0.6 is 0 Å². The van der Waals surface area contributed by atoms with Crippen molar-refractivity contribution in [2.24, 2.45) is 0 Å². The first kappa shape index (κ1) is 23.7. The molecular formula is C25H28O6. The lowest BCUT2D eigenvalue weighted by Gasteiger charge is -2.27. The van der Waals surface area contributed by atoms with E-state index in [1.807, 2.05) is 48.5 Å². The fourth-order valence-corrected chi connectivity index (χ4v) is 2.84. The molecule has 0 aliphatic heterocycles. The van der Waals surface area contributed by atoms with Crippen LogP contribution < -0.4 is 9.47 Å². The van der Waals surface area contributed by atoms with Gasteiger partial charge in [-0.15, -0.1) is 0 Å². The zero-order chi connectivity index (χ0) is 22.7. The quantitative estimate of drug-likeness (QED) is 0.289. The number of hydrogen-bond donors (Lipinski definition) is 0. The van der Waals surface area contributed by atoms with E-state index in [9.17, 15) is 9.59 Å². The molecule has 0 heterocycles. The molecule has 6 heteroatoms. The summed E-state index contributed by atoms with van der Waals surface area (Å²) < 4.78 is 21.3. The van der Waals surface area contributed by atoms with Gasteiger partial charge in [-0.3, -0.25) is 0 Å². The minimum absolute atomic E-state index is 0.153.